The van der Waals surface area contributed by atoms with Gasteiger partial charge < -0.3 is 14.8 Å². The second-order valence-corrected chi connectivity index (χ2v) is 6.42. The van der Waals surface area contributed by atoms with Gasteiger partial charge in [-0.05, 0) is 31.5 Å². The number of nitrogens with one attached hydrogen (secondary N) is 1. The second-order valence-electron chi connectivity index (χ2n) is 6.42. The van der Waals surface area contributed by atoms with Crippen LogP contribution in [0.5, 0.6) is 11.5 Å². The van der Waals surface area contributed by atoms with Crippen molar-refractivity contribution in [3.05, 3.63) is 41.2 Å². The van der Waals surface area contributed by atoms with Crippen LogP contribution in [0.3, 0.4) is 0 Å². The third kappa shape index (κ3) is 2.28. The lowest BCUT2D eigenvalue weighted by Gasteiger charge is -2.17. The number of aryl methyl sites for hydroxylation is 1. The van der Waals surface area contributed by atoms with E-state index < -0.39 is 0 Å². The van der Waals surface area contributed by atoms with Gasteiger partial charge >= 0.3 is 0 Å². The number of benzene rings is 1. The molecule has 0 saturated carbocycles. The van der Waals surface area contributed by atoms with Crippen LogP contribution in [0.15, 0.2) is 24.4 Å². The highest BCUT2D eigenvalue weighted by molar-refractivity contribution is 5.74. The van der Waals surface area contributed by atoms with Crippen LogP contribution in [-0.4, -0.2) is 18.7 Å². The predicted molar refractivity (Wildman–Crippen MR) is 88.5 cm³/mol. The number of rotatable bonds is 3. The molecule has 0 amide bonds. The number of hydrogen-bond acceptors (Lipinski definition) is 4. The molecular formula is C18H22N2O2. The molecule has 3 rings (SSSR count). The fourth-order valence-electron chi connectivity index (χ4n) is 2.87. The van der Waals surface area contributed by atoms with Gasteiger partial charge in [-0.1, -0.05) is 19.9 Å². The molecule has 1 aromatic carbocycles. The van der Waals surface area contributed by atoms with Crippen LogP contribution in [0.4, 0.5) is 11.4 Å². The van der Waals surface area contributed by atoms with Gasteiger partial charge in [-0.2, -0.15) is 0 Å². The molecule has 22 heavy (non-hydrogen) atoms. The Morgan fingerprint density at radius 2 is 2.00 bits per heavy atom. The molecule has 1 aromatic heterocycles. The minimum absolute atomic E-state index is 0.0501. The van der Waals surface area contributed by atoms with E-state index in [1.165, 1.54) is 5.56 Å². The van der Waals surface area contributed by atoms with E-state index in [9.17, 15) is 0 Å². The molecule has 0 saturated heterocycles. The first-order valence-electron chi connectivity index (χ1n) is 7.47. The normalized spacial score (nSPS) is 15.1. The van der Waals surface area contributed by atoms with Gasteiger partial charge in [0, 0.05) is 22.9 Å². The Labute approximate surface area is 131 Å². The van der Waals surface area contributed by atoms with Crippen molar-refractivity contribution in [2.45, 2.75) is 33.1 Å². The van der Waals surface area contributed by atoms with Crippen molar-refractivity contribution < 1.29 is 9.47 Å². The average molecular weight is 298 g/mol. The maximum Gasteiger partial charge on any atom is 0.164 e. The van der Waals surface area contributed by atoms with Crippen LogP contribution < -0.4 is 14.8 Å². The lowest BCUT2D eigenvalue weighted by atomic mass is 9.91. The standard InChI is InChI=1S/C18H22N2O2/c1-11-6-7-14(21-5)12(2)15(11)20-13-8-9-19-17-16(13)22-10-18(17,3)4/h6-9H,10H2,1-5H3,(H,19,20). The third-order valence-electron chi connectivity index (χ3n) is 4.23. The zero-order chi connectivity index (χ0) is 15.9. The maximum atomic E-state index is 5.90. The third-order valence-corrected chi connectivity index (χ3v) is 4.23. The van der Waals surface area contributed by atoms with Gasteiger partial charge in [0.1, 0.15) is 5.75 Å². The number of hydrogen-bond donors (Lipinski definition) is 1. The van der Waals surface area contributed by atoms with Crippen LogP contribution in [0.2, 0.25) is 0 Å². The number of anilines is 2. The van der Waals surface area contributed by atoms with Crippen LogP contribution in [0.25, 0.3) is 0 Å². The molecule has 1 aliphatic rings. The van der Waals surface area contributed by atoms with Gasteiger partial charge in [-0.15, -0.1) is 0 Å². The molecule has 4 nitrogen and oxygen atoms in total. The Bertz CT molecular complexity index is 723. The topological polar surface area (TPSA) is 43.4 Å². The van der Waals surface area contributed by atoms with Crippen molar-refractivity contribution in [3.8, 4) is 11.5 Å². The van der Waals surface area contributed by atoms with Gasteiger partial charge in [0.2, 0.25) is 0 Å². The zero-order valence-electron chi connectivity index (χ0n) is 13.8. The molecule has 0 fully saturated rings. The van der Waals surface area contributed by atoms with E-state index in [4.69, 9.17) is 9.47 Å². The highest BCUT2D eigenvalue weighted by atomic mass is 16.5. The predicted octanol–water partition coefficient (Wildman–Crippen LogP) is 4.12. The van der Waals surface area contributed by atoms with Crippen LogP contribution in [-0.2, 0) is 5.41 Å². The number of nitrogens with zero attached hydrogens (tertiary/aromatic N) is 1. The highest BCUT2D eigenvalue weighted by Crippen LogP contribution is 2.43. The van der Waals surface area contributed by atoms with Crippen LogP contribution in [0.1, 0.15) is 30.7 Å². The summed E-state index contributed by atoms with van der Waals surface area (Å²) in [5.41, 5.74) is 5.23. The van der Waals surface area contributed by atoms with E-state index in [1.807, 2.05) is 18.3 Å². The summed E-state index contributed by atoms with van der Waals surface area (Å²) in [6, 6.07) is 6.01. The fourth-order valence-corrected chi connectivity index (χ4v) is 2.87. The number of ether oxygens (including phenoxy) is 2. The minimum Gasteiger partial charge on any atom is -0.496 e. The molecule has 0 atom stereocenters. The van der Waals surface area contributed by atoms with E-state index in [0.717, 1.165) is 34.1 Å². The van der Waals surface area contributed by atoms with Crippen molar-refractivity contribution >= 4 is 11.4 Å². The number of methoxy groups -OCH3 is 1. The summed E-state index contributed by atoms with van der Waals surface area (Å²) in [7, 11) is 1.69. The molecule has 0 aliphatic carbocycles. The van der Waals surface area contributed by atoms with E-state index in [1.54, 1.807) is 7.11 Å². The van der Waals surface area contributed by atoms with Crippen molar-refractivity contribution in [1.82, 2.24) is 4.98 Å². The summed E-state index contributed by atoms with van der Waals surface area (Å²) in [5.74, 6) is 1.73. The van der Waals surface area contributed by atoms with Crippen LogP contribution >= 0.6 is 0 Å². The summed E-state index contributed by atoms with van der Waals surface area (Å²) in [5, 5.41) is 3.51. The summed E-state index contributed by atoms with van der Waals surface area (Å²) in [6.07, 6.45) is 1.84. The van der Waals surface area contributed by atoms with Crippen molar-refractivity contribution in [2.75, 3.05) is 19.0 Å². The highest BCUT2D eigenvalue weighted by Gasteiger charge is 2.35. The minimum atomic E-state index is -0.0501. The van der Waals surface area contributed by atoms with Crippen molar-refractivity contribution in [3.63, 3.8) is 0 Å². The molecule has 2 heterocycles. The smallest absolute Gasteiger partial charge is 0.164 e. The summed E-state index contributed by atoms with van der Waals surface area (Å²) < 4.78 is 11.3. The van der Waals surface area contributed by atoms with E-state index >= 15 is 0 Å². The summed E-state index contributed by atoms with van der Waals surface area (Å²) >= 11 is 0. The first-order chi connectivity index (χ1) is 10.4. The average Bonchev–Trinajstić information content (AvgIpc) is 2.80. The molecule has 1 aliphatic heterocycles. The molecule has 116 valence electrons. The molecule has 0 radical (unpaired) electrons. The van der Waals surface area contributed by atoms with E-state index in [2.05, 4.69) is 44.1 Å². The monoisotopic (exact) mass is 298 g/mol. The molecule has 1 N–H and O–H groups in total. The first kappa shape index (κ1) is 14.7. The Hall–Kier alpha value is -2.23. The number of fused-ring (bicyclic) bond motifs is 1. The van der Waals surface area contributed by atoms with E-state index in [-0.39, 0.29) is 5.41 Å². The summed E-state index contributed by atoms with van der Waals surface area (Å²) in [6.45, 7) is 9.10. The van der Waals surface area contributed by atoms with Gasteiger partial charge in [0.15, 0.2) is 5.75 Å². The molecule has 0 unspecified atom stereocenters. The van der Waals surface area contributed by atoms with Crippen LogP contribution in [0, 0.1) is 13.8 Å². The molecule has 0 spiro atoms. The maximum absolute atomic E-state index is 5.90. The fraction of sp³-hybridized carbons (Fsp3) is 0.389. The SMILES string of the molecule is COc1ccc(C)c(Nc2ccnc3c2OCC3(C)C)c1C. The summed E-state index contributed by atoms with van der Waals surface area (Å²) in [4.78, 5) is 4.50. The lowest BCUT2D eigenvalue weighted by Crippen LogP contribution is -2.19. The Kier molecular flexibility index (Phi) is 3.47. The Balaban J connectivity index is 2.05. The van der Waals surface area contributed by atoms with Gasteiger partial charge in [0.25, 0.3) is 0 Å². The first-order valence-corrected chi connectivity index (χ1v) is 7.47. The van der Waals surface area contributed by atoms with Gasteiger partial charge in [-0.25, -0.2) is 0 Å². The van der Waals surface area contributed by atoms with Crippen molar-refractivity contribution in [1.29, 1.82) is 0 Å². The zero-order valence-corrected chi connectivity index (χ0v) is 13.8. The van der Waals surface area contributed by atoms with Gasteiger partial charge in [0.05, 0.1) is 25.1 Å². The van der Waals surface area contributed by atoms with E-state index in [0.29, 0.717) is 6.61 Å². The quantitative estimate of drug-likeness (QED) is 0.925. The second kappa shape index (κ2) is 5.20. The molecule has 0 bridgehead atoms. The lowest BCUT2D eigenvalue weighted by molar-refractivity contribution is 0.291. The Morgan fingerprint density at radius 1 is 1.23 bits per heavy atom. The van der Waals surface area contributed by atoms with Crippen molar-refractivity contribution in [2.24, 2.45) is 0 Å². The molecule has 2 aromatic rings. The Morgan fingerprint density at radius 3 is 2.73 bits per heavy atom. The number of pyridine rings is 1. The molecule has 4 heteroatoms. The largest absolute Gasteiger partial charge is 0.496 e. The number of aromatic nitrogens is 1. The molecular weight excluding hydrogens is 276 g/mol. The van der Waals surface area contributed by atoms with Gasteiger partial charge in [-0.3, -0.25) is 4.98 Å².